The fourth-order valence-corrected chi connectivity index (χ4v) is 1.01. The van der Waals surface area contributed by atoms with Crippen molar-refractivity contribution in [3.05, 3.63) is 29.0 Å². The van der Waals surface area contributed by atoms with Crippen LogP contribution in [0.2, 0.25) is 5.02 Å². The number of carbonyl (C=O) groups is 1. The zero-order valence-electron chi connectivity index (χ0n) is 8.90. The van der Waals surface area contributed by atoms with Crippen LogP contribution in [0.4, 0.5) is 10.1 Å². The molecular formula is C11H13ClFNO. The van der Waals surface area contributed by atoms with Crippen molar-refractivity contribution in [2.45, 2.75) is 20.8 Å². The van der Waals surface area contributed by atoms with Gasteiger partial charge in [-0.1, -0.05) is 32.4 Å². The van der Waals surface area contributed by atoms with E-state index in [9.17, 15) is 9.18 Å². The fraction of sp³-hybridized carbons (Fsp3) is 0.364. The van der Waals surface area contributed by atoms with Crippen LogP contribution in [0.1, 0.15) is 20.8 Å². The molecule has 1 amide bonds. The lowest BCUT2D eigenvalue weighted by molar-refractivity contribution is -0.123. The summed E-state index contributed by atoms with van der Waals surface area (Å²) < 4.78 is 13.0. The minimum absolute atomic E-state index is 0.0451. The van der Waals surface area contributed by atoms with Crippen LogP contribution in [0, 0.1) is 11.2 Å². The number of amides is 1. The van der Waals surface area contributed by atoms with Crippen LogP contribution in [0.3, 0.4) is 0 Å². The Morgan fingerprint density at radius 1 is 1.40 bits per heavy atom. The van der Waals surface area contributed by atoms with Crippen LogP contribution in [0.15, 0.2) is 18.2 Å². The predicted molar refractivity (Wildman–Crippen MR) is 59.5 cm³/mol. The number of hydrogen-bond donors (Lipinski definition) is 1. The number of nitrogens with one attached hydrogen (secondary N) is 1. The Morgan fingerprint density at radius 2 is 2.00 bits per heavy atom. The zero-order valence-corrected chi connectivity index (χ0v) is 9.65. The van der Waals surface area contributed by atoms with Crippen LogP contribution in [0.25, 0.3) is 0 Å². The molecule has 0 aliphatic rings. The smallest absolute Gasteiger partial charge is 0.229 e. The van der Waals surface area contributed by atoms with Gasteiger partial charge in [-0.15, -0.1) is 0 Å². The van der Waals surface area contributed by atoms with Gasteiger partial charge in [-0.25, -0.2) is 4.39 Å². The van der Waals surface area contributed by atoms with E-state index in [0.29, 0.717) is 5.69 Å². The van der Waals surface area contributed by atoms with E-state index in [4.69, 9.17) is 11.6 Å². The molecule has 1 aromatic carbocycles. The summed E-state index contributed by atoms with van der Waals surface area (Å²) >= 11 is 5.52. The highest BCUT2D eigenvalue weighted by Gasteiger charge is 2.21. The molecule has 4 heteroatoms. The summed E-state index contributed by atoms with van der Waals surface area (Å²) in [5, 5.41) is 2.66. The normalized spacial score (nSPS) is 11.3. The maximum Gasteiger partial charge on any atom is 0.229 e. The number of hydrogen-bond acceptors (Lipinski definition) is 1. The molecule has 0 spiro atoms. The lowest BCUT2D eigenvalue weighted by Gasteiger charge is -2.17. The molecule has 0 fully saturated rings. The summed E-state index contributed by atoms with van der Waals surface area (Å²) in [5.74, 6) is -0.701. The molecule has 2 nitrogen and oxygen atoms in total. The second-order valence-corrected chi connectivity index (χ2v) is 4.74. The average Bonchev–Trinajstić information content (AvgIpc) is 2.10. The predicted octanol–water partition coefficient (Wildman–Crippen LogP) is 3.46. The average molecular weight is 230 g/mol. The van der Waals surface area contributed by atoms with Crippen molar-refractivity contribution in [2.75, 3.05) is 5.32 Å². The van der Waals surface area contributed by atoms with Crippen molar-refractivity contribution in [1.82, 2.24) is 0 Å². The third-order valence-corrected chi connectivity index (χ3v) is 2.17. The van der Waals surface area contributed by atoms with Crippen molar-refractivity contribution in [3.8, 4) is 0 Å². The van der Waals surface area contributed by atoms with E-state index < -0.39 is 11.2 Å². The molecule has 0 aliphatic carbocycles. The van der Waals surface area contributed by atoms with Gasteiger partial charge in [0.25, 0.3) is 0 Å². The minimum Gasteiger partial charge on any atom is -0.326 e. The Morgan fingerprint density at radius 3 is 2.47 bits per heavy atom. The quantitative estimate of drug-likeness (QED) is 0.785. The number of rotatable bonds is 1. The molecule has 0 aliphatic heterocycles. The molecule has 0 unspecified atom stereocenters. The Kier molecular flexibility index (Phi) is 3.35. The molecule has 0 heterocycles. The van der Waals surface area contributed by atoms with E-state index in [1.807, 2.05) is 0 Å². The van der Waals surface area contributed by atoms with Gasteiger partial charge in [-0.05, 0) is 18.2 Å². The number of anilines is 1. The van der Waals surface area contributed by atoms with Crippen LogP contribution in [-0.4, -0.2) is 5.91 Å². The molecule has 1 N–H and O–H groups in total. The van der Waals surface area contributed by atoms with Crippen LogP contribution in [-0.2, 0) is 4.79 Å². The first kappa shape index (κ1) is 12.0. The molecule has 0 saturated carbocycles. The van der Waals surface area contributed by atoms with Crippen molar-refractivity contribution in [2.24, 2.45) is 5.41 Å². The van der Waals surface area contributed by atoms with Gasteiger partial charge >= 0.3 is 0 Å². The Bertz CT molecular complexity index is 385. The summed E-state index contributed by atoms with van der Waals surface area (Å²) in [6, 6.07) is 4.18. The van der Waals surface area contributed by atoms with Crippen molar-refractivity contribution in [1.29, 1.82) is 0 Å². The Labute approximate surface area is 93.4 Å². The summed E-state index contributed by atoms with van der Waals surface area (Å²) in [4.78, 5) is 11.6. The minimum atomic E-state index is -0.539. The topological polar surface area (TPSA) is 29.1 Å². The molecule has 82 valence electrons. The highest BCUT2D eigenvalue weighted by atomic mass is 35.5. The van der Waals surface area contributed by atoms with Crippen LogP contribution in [0.5, 0.6) is 0 Å². The van der Waals surface area contributed by atoms with Crippen LogP contribution >= 0.6 is 11.6 Å². The first-order valence-electron chi connectivity index (χ1n) is 4.57. The second kappa shape index (κ2) is 4.19. The van der Waals surface area contributed by atoms with E-state index >= 15 is 0 Å². The number of carbonyl (C=O) groups excluding carboxylic acids is 1. The van der Waals surface area contributed by atoms with Gasteiger partial charge in [0.1, 0.15) is 5.82 Å². The summed E-state index contributed by atoms with van der Waals surface area (Å²) in [6.07, 6.45) is 0. The maximum atomic E-state index is 13.0. The third kappa shape index (κ3) is 3.20. The molecule has 0 atom stereocenters. The maximum absolute atomic E-state index is 13.0. The highest BCUT2D eigenvalue weighted by molar-refractivity contribution is 6.30. The van der Waals surface area contributed by atoms with Gasteiger partial charge in [0.05, 0.1) is 5.02 Å². The van der Waals surface area contributed by atoms with Gasteiger partial charge in [0.15, 0.2) is 0 Å². The van der Waals surface area contributed by atoms with Crippen molar-refractivity contribution in [3.63, 3.8) is 0 Å². The van der Waals surface area contributed by atoms with Crippen molar-refractivity contribution < 1.29 is 9.18 Å². The van der Waals surface area contributed by atoms with E-state index in [-0.39, 0.29) is 10.9 Å². The highest BCUT2D eigenvalue weighted by Crippen LogP contribution is 2.21. The molecule has 0 radical (unpaired) electrons. The first-order chi connectivity index (χ1) is 6.80. The van der Waals surface area contributed by atoms with E-state index in [1.165, 1.54) is 12.1 Å². The zero-order chi connectivity index (χ0) is 11.6. The van der Waals surface area contributed by atoms with Crippen molar-refractivity contribution >= 4 is 23.2 Å². The molecule has 15 heavy (non-hydrogen) atoms. The Hall–Kier alpha value is -1.09. The van der Waals surface area contributed by atoms with E-state index in [1.54, 1.807) is 26.8 Å². The summed E-state index contributed by atoms with van der Waals surface area (Å²) in [5.41, 5.74) is -0.0901. The molecule has 0 aromatic heterocycles. The Balaban J connectivity index is 2.83. The molecule has 0 bridgehead atoms. The van der Waals surface area contributed by atoms with Gasteiger partial charge in [-0.3, -0.25) is 4.79 Å². The van der Waals surface area contributed by atoms with Gasteiger partial charge < -0.3 is 5.32 Å². The largest absolute Gasteiger partial charge is 0.326 e. The monoisotopic (exact) mass is 229 g/mol. The SMILES string of the molecule is CC(C)(C)C(=O)Nc1ccc(Cl)c(F)c1. The standard InChI is InChI=1S/C11H13ClFNO/c1-11(2,3)10(15)14-7-4-5-8(12)9(13)6-7/h4-6H,1-3H3,(H,14,15). The van der Waals surface area contributed by atoms with Gasteiger partial charge in [0, 0.05) is 11.1 Å². The lowest BCUT2D eigenvalue weighted by Crippen LogP contribution is -2.27. The van der Waals surface area contributed by atoms with Gasteiger partial charge in [-0.2, -0.15) is 0 Å². The van der Waals surface area contributed by atoms with Gasteiger partial charge in [0.2, 0.25) is 5.91 Å². The second-order valence-electron chi connectivity index (χ2n) is 4.33. The number of halogens is 2. The van der Waals surface area contributed by atoms with E-state index in [0.717, 1.165) is 0 Å². The lowest BCUT2D eigenvalue weighted by atomic mass is 9.95. The fourth-order valence-electron chi connectivity index (χ4n) is 0.892. The van der Waals surface area contributed by atoms with E-state index in [2.05, 4.69) is 5.32 Å². The summed E-state index contributed by atoms with van der Waals surface area (Å²) in [7, 11) is 0. The number of benzene rings is 1. The molecule has 0 saturated heterocycles. The summed E-state index contributed by atoms with van der Waals surface area (Å²) in [6.45, 7) is 5.36. The first-order valence-corrected chi connectivity index (χ1v) is 4.95. The molecular weight excluding hydrogens is 217 g/mol. The van der Waals surface area contributed by atoms with Crippen LogP contribution < -0.4 is 5.32 Å². The third-order valence-electron chi connectivity index (χ3n) is 1.86. The molecule has 1 rings (SSSR count). The molecule has 1 aromatic rings.